The van der Waals surface area contributed by atoms with Crippen LogP contribution in [0.1, 0.15) is 21.5 Å². The van der Waals surface area contributed by atoms with Crippen molar-refractivity contribution >= 4 is 27.6 Å². The third kappa shape index (κ3) is 4.50. The van der Waals surface area contributed by atoms with E-state index in [4.69, 9.17) is 21.1 Å². The van der Waals surface area contributed by atoms with Gasteiger partial charge in [0.2, 0.25) is 10.0 Å². The van der Waals surface area contributed by atoms with Crippen LogP contribution in [-0.4, -0.2) is 28.6 Å². The Morgan fingerprint density at radius 1 is 1.16 bits per heavy atom. The maximum Gasteiger partial charge on any atom is 0.341 e. The summed E-state index contributed by atoms with van der Waals surface area (Å²) in [5.74, 6) is -0.212. The number of hydrogen-bond donors (Lipinski definition) is 1. The van der Waals surface area contributed by atoms with Crippen LogP contribution in [0.3, 0.4) is 0 Å². The summed E-state index contributed by atoms with van der Waals surface area (Å²) in [6.45, 7) is 1.79. The minimum atomic E-state index is -3.73. The SMILES string of the molecule is COC(=O)c1cc(CNS(=O)(=O)c2ccc(C)c(Cl)c2)ccc1OC. The summed E-state index contributed by atoms with van der Waals surface area (Å²) in [5, 5.41) is 0.375. The van der Waals surface area contributed by atoms with E-state index in [0.717, 1.165) is 5.56 Å². The van der Waals surface area contributed by atoms with Gasteiger partial charge in [-0.25, -0.2) is 17.9 Å². The molecule has 6 nitrogen and oxygen atoms in total. The van der Waals surface area contributed by atoms with E-state index in [-0.39, 0.29) is 17.0 Å². The van der Waals surface area contributed by atoms with Gasteiger partial charge in [0, 0.05) is 11.6 Å². The molecule has 0 saturated heterocycles. The molecule has 0 amide bonds. The molecule has 0 aromatic heterocycles. The Bertz CT molecular complexity index is 896. The molecule has 1 N–H and O–H groups in total. The Morgan fingerprint density at radius 2 is 1.88 bits per heavy atom. The Morgan fingerprint density at radius 3 is 2.48 bits per heavy atom. The zero-order valence-electron chi connectivity index (χ0n) is 14.0. The second-order valence-corrected chi connectivity index (χ2v) is 7.44. The van der Waals surface area contributed by atoms with Crippen LogP contribution in [-0.2, 0) is 21.3 Å². The molecule has 0 radical (unpaired) electrons. The molecule has 8 heteroatoms. The predicted octanol–water partition coefficient (Wildman–Crippen LogP) is 2.92. The van der Waals surface area contributed by atoms with Crippen molar-refractivity contribution in [1.82, 2.24) is 4.72 Å². The molecule has 0 aliphatic rings. The topological polar surface area (TPSA) is 81.7 Å². The number of aryl methyl sites for hydroxylation is 1. The maximum atomic E-state index is 12.4. The first-order chi connectivity index (χ1) is 11.8. The van der Waals surface area contributed by atoms with Gasteiger partial charge >= 0.3 is 5.97 Å². The molecule has 0 unspecified atom stereocenters. The molecule has 2 rings (SSSR count). The first-order valence-corrected chi connectivity index (χ1v) is 9.15. The van der Waals surface area contributed by atoms with Crippen LogP contribution in [0.15, 0.2) is 41.3 Å². The molecule has 2 aromatic carbocycles. The number of esters is 1. The lowest BCUT2D eigenvalue weighted by Crippen LogP contribution is -2.23. The van der Waals surface area contributed by atoms with Gasteiger partial charge in [-0.2, -0.15) is 0 Å². The van der Waals surface area contributed by atoms with Gasteiger partial charge in [0.05, 0.1) is 19.1 Å². The number of carbonyl (C=O) groups excluding carboxylic acids is 1. The van der Waals surface area contributed by atoms with Gasteiger partial charge in [-0.1, -0.05) is 23.7 Å². The number of nitrogens with one attached hydrogen (secondary N) is 1. The average molecular weight is 384 g/mol. The van der Waals surface area contributed by atoms with E-state index in [2.05, 4.69) is 4.72 Å². The summed E-state index contributed by atoms with van der Waals surface area (Å²) < 4.78 is 37.1. The van der Waals surface area contributed by atoms with Crippen LogP contribution in [0.4, 0.5) is 0 Å². The number of halogens is 1. The number of methoxy groups -OCH3 is 2. The second kappa shape index (κ2) is 7.86. The average Bonchev–Trinajstić information content (AvgIpc) is 2.61. The zero-order chi connectivity index (χ0) is 18.6. The fraction of sp³-hybridized carbons (Fsp3) is 0.235. The predicted molar refractivity (Wildman–Crippen MR) is 94.5 cm³/mol. The second-order valence-electron chi connectivity index (χ2n) is 5.26. The van der Waals surface area contributed by atoms with Gasteiger partial charge in [-0.3, -0.25) is 0 Å². The van der Waals surface area contributed by atoms with Crippen LogP contribution in [0, 0.1) is 6.92 Å². The van der Waals surface area contributed by atoms with Gasteiger partial charge in [0.1, 0.15) is 11.3 Å². The molecule has 0 aliphatic carbocycles. The van der Waals surface area contributed by atoms with E-state index < -0.39 is 16.0 Å². The molecule has 0 aliphatic heterocycles. The number of rotatable bonds is 6. The lowest BCUT2D eigenvalue weighted by molar-refractivity contribution is 0.0597. The fourth-order valence-corrected chi connectivity index (χ4v) is 3.43. The van der Waals surface area contributed by atoms with Crippen molar-refractivity contribution in [3.8, 4) is 5.75 Å². The van der Waals surface area contributed by atoms with E-state index in [0.29, 0.717) is 16.3 Å². The number of ether oxygens (including phenoxy) is 2. The number of hydrogen-bond acceptors (Lipinski definition) is 5. The van der Waals surface area contributed by atoms with Crippen molar-refractivity contribution in [1.29, 1.82) is 0 Å². The maximum absolute atomic E-state index is 12.4. The van der Waals surface area contributed by atoms with Crippen molar-refractivity contribution in [3.63, 3.8) is 0 Å². The monoisotopic (exact) mass is 383 g/mol. The van der Waals surface area contributed by atoms with E-state index >= 15 is 0 Å². The van der Waals surface area contributed by atoms with Crippen molar-refractivity contribution < 1.29 is 22.7 Å². The molecular weight excluding hydrogens is 366 g/mol. The fourth-order valence-electron chi connectivity index (χ4n) is 2.14. The van der Waals surface area contributed by atoms with E-state index in [1.807, 2.05) is 0 Å². The molecule has 0 fully saturated rings. The quantitative estimate of drug-likeness (QED) is 0.775. The van der Waals surface area contributed by atoms with Crippen molar-refractivity contribution in [2.75, 3.05) is 14.2 Å². The smallest absolute Gasteiger partial charge is 0.341 e. The van der Waals surface area contributed by atoms with Crippen LogP contribution in [0.2, 0.25) is 5.02 Å². The van der Waals surface area contributed by atoms with Gasteiger partial charge < -0.3 is 9.47 Å². The Hall–Kier alpha value is -2.09. The Balaban J connectivity index is 2.22. The summed E-state index contributed by atoms with van der Waals surface area (Å²) in [6, 6.07) is 9.29. The summed E-state index contributed by atoms with van der Waals surface area (Å²) in [7, 11) is -1.04. The molecule has 25 heavy (non-hydrogen) atoms. The minimum absolute atomic E-state index is 0.00180. The van der Waals surface area contributed by atoms with Gasteiger partial charge in [0.15, 0.2) is 0 Å². The molecule has 134 valence electrons. The molecule has 0 saturated carbocycles. The van der Waals surface area contributed by atoms with Gasteiger partial charge in [0.25, 0.3) is 0 Å². The highest BCUT2D eigenvalue weighted by Crippen LogP contribution is 2.22. The van der Waals surface area contributed by atoms with E-state index in [1.54, 1.807) is 25.1 Å². The number of sulfonamides is 1. The van der Waals surface area contributed by atoms with Crippen LogP contribution < -0.4 is 9.46 Å². The van der Waals surface area contributed by atoms with E-state index in [1.165, 1.54) is 32.4 Å². The lowest BCUT2D eigenvalue weighted by atomic mass is 10.1. The van der Waals surface area contributed by atoms with Gasteiger partial charge in [-0.05, 0) is 42.3 Å². The van der Waals surface area contributed by atoms with Gasteiger partial charge in [-0.15, -0.1) is 0 Å². The van der Waals surface area contributed by atoms with Crippen molar-refractivity contribution in [2.45, 2.75) is 18.4 Å². The highest BCUT2D eigenvalue weighted by atomic mass is 35.5. The summed E-state index contributed by atoms with van der Waals surface area (Å²) in [5.41, 5.74) is 1.60. The largest absolute Gasteiger partial charge is 0.496 e. The van der Waals surface area contributed by atoms with Crippen molar-refractivity contribution in [3.05, 3.63) is 58.1 Å². The van der Waals surface area contributed by atoms with E-state index in [9.17, 15) is 13.2 Å². The third-order valence-corrected chi connectivity index (χ3v) is 5.40. The van der Waals surface area contributed by atoms with Crippen LogP contribution in [0.25, 0.3) is 0 Å². The van der Waals surface area contributed by atoms with Crippen LogP contribution >= 0.6 is 11.6 Å². The summed E-state index contributed by atoms with van der Waals surface area (Å²) >= 11 is 5.98. The Labute approximate surface area is 151 Å². The zero-order valence-corrected chi connectivity index (χ0v) is 15.6. The first kappa shape index (κ1) is 19.2. The summed E-state index contributed by atoms with van der Waals surface area (Å²) in [4.78, 5) is 11.9. The standard InChI is InChI=1S/C17H18ClNO5S/c1-11-4-6-13(9-15(11)18)25(21,22)19-10-12-5-7-16(23-2)14(8-12)17(20)24-3/h4-9,19H,10H2,1-3H3. The molecular formula is C17H18ClNO5S. The molecule has 2 aromatic rings. The highest BCUT2D eigenvalue weighted by molar-refractivity contribution is 7.89. The third-order valence-electron chi connectivity index (χ3n) is 3.59. The minimum Gasteiger partial charge on any atom is -0.496 e. The van der Waals surface area contributed by atoms with Crippen molar-refractivity contribution in [2.24, 2.45) is 0 Å². The molecule has 0 atom stereocenters. The Kier molecular flexibility index (Phi) is 6.05. The molecule has 0 spiro atoms. The summed E-state index contributed by atoms with van der Waals surface area (Å²) in [6.07, 6.45) is 0. The normalized spacial score (nSPS) is 11.2. The molecule has 0 heterocycles. The van der Waals surface area contributed by atoms with Crippen LogP contribution in [0.5, 0.6) is 5.75 Å². The number of benzene rings is 2. The first-order valence-electron chi connectivity index (χ1n) is 7.29. The molecule has 0 bridgehead atoms. The lowest BCUT2D eigenvalue weighted by Gasteiger charge is -2.11. The highest BCUT2D eigenvalue weighted by Gasteiger charge is 2.17. The number of carbonyl (C=O) groups is 1.